The van der Waals surface area contributed by atoms with Gasteiger partial charge in [0, 0.05) is 5.69 Å². The van der Waals surface area contributed by atoms with Crippen LogP contribution in [-0.2, 0) is 11.2 Å². The molecule has 0 fully saturated rings. The van der Waals surface area contributed by atoms with Crippen LogP contribution in [0.5, 0.6) is 5.75 Å². The molecule has 7 heteroatoms. The van der Waals surface area contributed by atoms with Gasteiger partial charge in [-0.15, -0.1) is 0 Å². The lowest BCUT2D eigenvalue weighted by atomic mass is 10.1. The van der Waals surface area contributed by atoms with Crippen LogP contribution in [0.4, 0.5) is 5.69 Å². The Morgan fingerprint density at radius 3 is 2.54 bits per heavy atom. The first kappa shape index (κ1) is 19.2. The van der Waals surface area contributed by atoms with Gasteiger partial charge in [0.2, 0.25) is 0 Å². The van der Waals surface area contributed by atoms with E-state index in [2.05, 4.69) is 5.32 Å². The quantitative estimate of drug-likeness (QED) is 0.580. The number of benzene rings is 2. The molecule has 3 aromatic rings. The number of hydrogen-bond donors (Lipinski definition) is 3. The van der Waals surface area contributed by atoms with E-state index in [1.165, 1.54) is 6.26 Å². The molecule has 0 aliphatic rings. The molecule has 0 radical (unpaired) electrons. The van der Waals surface area contributed by atoms with Gasteiger partial charge < -0.3 is 25.3 Å². The van der Waals surface area contributed by atoms with Crippen LogP contribution >= 0.6 is 0 Å². The molecule has 0 saturated heterocycles. The van der Waals surface area contributed by atoms with Crippen LogP contribution in [0.3, 0.4) is 0 Å². The third-order valence-corrected chi connectivity index (χ3v) is 4.25. The summed E-state index contributed by atoms with van der Waals surface area (Å²) in [4.78, 5) is 23.6. The van der Waals surface area contributed by atoms with Crippen molar-refractivity contribution >= 4 is 17.6 Å². The van der Waals surface area contributed by atoms with E-state index in [1.807, 2.05) is 18.2 Å². The van der Waals surface area contributed by atoms with Crippen molar-refractivity contribution in [2.45, 2.75) is 12.5 Å². The maximum Gasteiger partial charge on any atom is 0.320 e. The van der Waals surface area contributed by atoms with E-state index in [9.17, 15) is 9.59 Å². The largest absolute Gasteiger partial charge is 0.496 e. The number of ether oxygens (including phenoxy) is 1. The predicted molar refractivity (Wildman–Crippen MR) is 104 cm³/mol. The number of carbonyl (C=O) groups is 2. The van der Waals surface area contributed by atoms with Crippen LogP contribution < -0.4 is 15.8 Å². The van der Waals surface area contributed by atoms with Gasteiger partial charge in [-0.25, -0.2) is 0 Å². The molecule has 0 aliphatic carbocycles. The Labute approximate surface area is 161 Å². The Kier molecular flexibility index (Phi) is 5.76. The lowest BCUT2D eigenvalue weighted by molar-refractivity contribution is -0.138. The highest BCUT2D eigenvalue weighted by molar-refractivity contribution is 6.08. The van der Waals surface area contributed by atoms with Crippen molar-refractivity contribution in [1.82, 2.24) is 0 Å². The van der Waals surface area contributed by atoms with Crippen molar-refractivity contribution in [1.29, 1.82) is 0 Å². The summed E-state index contributed by atoms with van der Waals surface area (Å²) in [6.45, 7) is 0. The number of carbonyl (C=O) groups excluding carboxylic acids is 1. The number of carboxylic acids is 1. The fourth-order valence-corrected chi connectivity index (χ4v) is 2.79. The SMILES string of the molecule is COc1ccccc1-c1occc1C(=O)Nc1ccc(C[C@H](N)C(=O)O)cc1. The van der Waals surface area contributed by atoms with Gasteiger partial charge in [-0.3, -0.25) is 9.59 Å². The average Bonchev–Trinajstić information content (AvgIpc) is 3.19. The molecular formula is C21H20N2O5. The molecule has 1 heterocycles. The number of aliphatic carboxylic acids is 1. The van der Waals surface area contributed by atoms with Crippen molar-refractivity contribution in [3.05, 3.63) is 72.0 Å². The summed E-state index contributed by atoms with van der Waals surface area (Å²) in [6, 6.07) is 14.8. The van der Waals surface area contributed by atoms with Crippen LogP contribution in [0.25, 0.3) is 11.3 Å². The third kappa shape index (κ3) is 4.21. The molecule has 1 atom stereocenters. The number of methoxy groups -OCH3 is 1. The summed E-state index contributed by atoms with van der Waals surface area (Å²) < 4.78 is 10.9. The van der Waals surface area contributed by atoms with E-state index >= 15 is 0 Å². The highest BCUT2D eigenvalue weighted by atomic mass is 16.5. The second-order valence-electron chi connectivity index (χ2n) is 6.16. The number of rotatable bonds is 7. The summed E-state index contributed by atoms with van der Waals surface area (Å²) in [5.74, 6) is -0.365. The molecule has 7 nitrogen and oxygen atoms in total. The van der Waals surface area contributed by atoms with Crippen molar-refractivity contribution < 1.29 is 23.8 Å². The van der Waals surface area contributed by atoms with Crippen LogP contribution in [0.2, 0.25) is 0 Å². The molecule has 0 spiro atoms. The Bertz CT molecular complexity index is 978. The highest BCUT2D eigenvalue weighted by Gasteiger charge is 2.19. The molecule has 0 unspecified atom stereocenters. The molecule has 2 aromatic carbocycles. The molecule has 4 N–H and O–H groups in total. The summed E-state index contributed by atoms with van der Waals surface area (Å²) >= 11 is 0. The van der Waals surface area contributed by atoms with Gasteiger partial charge in [0.05, 0.1) is 24.5 Å². The average molecular weight is 380 g/mol. The Hall–Kier alpha value is -3.58. The smallest absolute Gasteiger partial charge is 0.320 e. The zero-order chi connectivity index (χ0) is 20.1. The van der Waals surface area contributed by atoms with Crippen molar-refractivity contribution in [3.8, 4) is 17.1 Å². The molecule has 3 rings (SSSR count). The highest BCUT2D eigenvalue weighted by Crippen LogP contribution is 2.33. The number of nitrogens with one attached hydrogen (secondary N) is 1. The predicted octanol–water partition coefficient (Wildman–Crippen LogP) is 3.16. The second-order valence-corrected chi connectivity index (χ2v) is 6.16. The Morgan fingerprint density at radius 1 is 1.14 bits per heavy atom. The van der Waals surface area contributed by atoms with Gasteiger partial charge in [0.25, 0.3) is 5.91 Å². The molecule has 0 bridgehead atoms. The van der Waals surface area contributed by atoms with Gasteiger partial charge in [0.1, 0.15) is 17.6 Å². The van der Waals surface area contributed by atoms with Crippen LogP contribution in [0.1, 0.15) is 15.9 Å². The van der Waals surface area contributed by atoms with Gasteiger partial charge in [0.15, 0.2) is 0 Å². The monoisotopic (exact) mass is 380 g/mol. The maximum atomic E-state index is 12.7. The number of para-hydroxylation sites is 1. The molecule has 0 saturated carbocycles. The summed E-state index contributed by atoms with van der Waals surface area (Å²) in [7, 11) is 1.55. The number of hydrogen-bond acceptors (Lipinski definition) is 5. The summed E-state index contributed by atoms with van der Waals surface area (Å²) in [5.41, 5.74) is 7.94. The van der Waals surface area contributed by atoms with E-state index in [-0.39, 0.29) is 12.3 Å². The lowest BCUT2D eigenvalue weighted by Crippen LogP contribution is -2.32. The second kappa shape index (κ2) is 8.41. The normalized spacial score (nSPS) is 11.6. The standard InChI is InChI=1S/C21H20N2O5/c1-27-18-5-3-2-4-15(18)19-16(10-11-28-19)20(24)23-14-8-6-13(7-9-14)12-17(22)21(25)26/h2-11,17H,12,22H2,1H3,(H,23,24)(H,25,26)/t17-/m0/s1. The van der Waals surface area contributed by atoms with E-state index in [0.29, 0.717) is 28.3 Å². The molecule has 144 valence electrons. The van der Waals surface area contributed by atoms with E-state index in [4.69, 9.17) is 20.0 Å². The number of carboxylic acid groups (broad SMARTS) is 1. The lowest BCUT2D eigenvalue weighted by Gasteiger charge is -2.10. The first-order valence-electron chi connectivity index (χ1n) is 8.59. The van der Waals surface area contributed by atoms with Crippen LogP contribution in [0, 0.1) is 0 Å². The minimum absolute atomic E-state index is 0.212. The molecule has 1 aromatic heterocycles. The molecule has 1 amide bonds. The summed E-state index contributed by atoms with van der Waals surface area (Å²) in [5, 5.41) is 11.7. The van der Waals surface area contributed by atoms with Crippen molar-refractivity contribution in [2.75, 3.05) is 12.4 Å². The maximum absolute atomic E-state index is 12.7. The topological polar surface area (TPSA) is 115 Å². The van der Waals surface area contributed by atoms with Crippen LogP contribution in [0.15, 0.2) is 65.3 Å². The van der Waals surface area contributed by atoms with Crippen molar-refractivity contribution in [3.63, 3.8) is 0 Å². The fourth-order valence-electron chi connectivity index (χ4n) is 2.79. The van der Waals surface area contributed by atoms with Crippen LogP contribution in [-0.4, -0.2) is 30.1 Å². The molecule has 0 aliphatic heterocycles. The van der Waals surface area contributed by atoms with Gasteiger partial charge >= 0.3 is 5.97 Å². The fraction of sp³-hybridized carbons (Fsp3) is 0.143. The number of amides is 1. The summed E-state index contributed by atoms with van der Waals surface area (Å²) in [6.07, 6.45) is 1.66. The van der Waals surface area contributed by atoms with Gasteiger partial charge in [-0.2, -0.15) is 0 Å². The number of furan rings is 1. The Balaban J connectivity index is 1.76. The minimum Gasteiger partial charge on any atom is -0.496 e. The first-order valence-corrected chi connectivity index (χ1v) is 8.59. The number of anilines is 1. The van der Waals surface area contributed by atoms with E-state index < -0.39 is 12.0 Å². The Morgan fingerprint density at radius 2 is 1.86 bits per heavy atom. The zero-order valence-electron chi connectivity index (χ0n) is 15.2. The third-order valence-electron chi connectivity index (χ3n) is 4.25. The van der Waals surface area contributed by atoms with E-state index in [1.54, 1.807) is 43.5 Å². The number of nitrogens with two attached hydrogens (primary N) is 1. The van der Waals surface area contributed by atoms with Gasteiger partial charge in [-0.1, -0.05) is 24.3 Å². The van der Waals surface area contributed by atoms with Gasteiger partial charge in [-0.05, 0) is 42.3 Å². The first-order chi connectivity index (χ1) is 13.5. The molecular weight excluding hydrogens is 360 g/mol. The zero-order valence-corrected chi connectivity index (χ0v) is 15.2. The van der Waals surface area contributed by atoms with E-state index in [0.717, 1.165) is 5.56 Å². The minimum atomic E-state index is -1.05. The van der Waals surface area contributed by atoms with Crippen molar-refractivity contribution in [2.24, 2.45) is 5.73 Å². The molecule has 28 heavy (non-hydrogen) atoms.